The van der Waals surface area contributed by atoms with Gasteiger partial charge in [0.1, 0.15) is 0 Å². The zero-order valence-electron chi connectivity index (χ0n) is 3.95. The second kappa shape index (κ2) is 3.56. The summed E-state index contributed by atoms with van der Waals surface area (Å²) in [5.41, 5.74) is 0. The van der Waals surface area contributed by atoms with Crippen LogP contribution in [0, 0.1) is 0 Å². The van der Waals surface area contributed by atoms with Gasteiger partial charge in [0.15, 0.2) is 0 Å². The predicted octanol–water partition coefficient (Wildman–Crippen LogP) is -1.77. The first-order valence-corrected chi connectivity index (χ1v) is 1.82. The second-order valence-corrected chi connectivity index (χ2v) is 1.57. The standard InChI is InChI=1S/C2H5ClO4.H3P/c3-2(6,7)1(4)5;/h1,4-7H;1H3. The highest BCUT2D eigenvalue weighted by atomic mass is 35.5. The molecule has 0 saturated heterocycles. The zero-order valence-corrected chi connectivity index (χ0v) is 6.12. The lowest BCUT2D eigenvalue weighted by atomic mass is 10.6. The quantitative estimate of drug-likeness (QED) is 0.209. The second-order valence-electron chi connectivity index (χ2n) is 1.01. The number of alkyl halides is 1. The molecular formula is C2H8ClO4P. The number of aliphatic hydroxyl groups is 4. The third-order valence-electron chi connectivity index (χ3n) is 0.329. The first-order chi connectivity index (χ1) is 2.94. The van der Waals surface area contributed by atoms with Gasteiger partial charge in [-0.25, -0.2) is 0 Å². The molecule has 4 nitrogen and oxygen atoms in total. The van der Waals surface area contributed by atoms with Gasteiger partial charge in [-0.2, -0.15) is 9.90 Å². The van der Waals surface area contributed by atoms with Gasteiger partial charge in [0.2, 0.25) is 6.29 Å². The molecule has 0 amide bonds. The maximum Gasteiger partial charge on any atom is 0.296 e. The van der Waals surface area contributed by atoms with Crippen LogP contribution in [0.3, 0.4) is 0 Å². The third-order valence-corrected chi connectivity index (χ3v) is 0.524. The molecule has 0 saturated carbocycles. The monoisotopic (exact) mass is 162 g/mol. The molecule has 52 valence electrons. The van der Waals surface area contributed by atoms with Gasteiger partial charge in [0.25, 0.3) is 5.25 Å². The van der Waals surface area contributed by atoms with Gasteiger partial charge >= 0.3 is 0 Å². The molecule has 6 heteroatoms. The van der Waals surface area contributed by atoms with E-state index in [0.717, 1.165) is 0 Å². The molecule has 8 heavy (non-hydrogen) atoms. The fourth-order valence-corrected chi connectivity index (χ4v) is 0. The van der Waals surface area contributed by atoms with Crippen molar-refractivity contribution in [2.45, 2.75) is 11.5 Å². The fourth-order valence-electron chi connectivity index (χ4n) is 0. The largest absolute Gasteiger partial charge is 0.363 e. The maximum absolute atomic E-state index is 7.92. The van der Waals surface area contributed by atoms with Gasteiger partial charge in [-0.15, -0.1) is 0 Å². The van der Waals surface area contributed by atoms with E-state index in [1.54, 1.807) is 0 Å². The van der Waals surface area contributed by atoms with Crippen molar-refractivity contribution in [2.24, 2.45) is 0 Å². The smallest absolute Gasteiger partial charge is 0.296 e. The van der Waals surface area contributed by atoms with E-state index in [9.17, 15) is 0 Å². The first kappa shape index (κ1) is 11.4. The molecule has 0 fully saturated rings. The van der Waals surface area contributed by atoms with E-state index in [1.807, 2.05) is 0 Å². The van der Waals surface area contributed by atoms with Gasteiger partial charge in [0, 0.05) is 0 Å². The van der Waals surface area contributed by atoms with E-state index in [2.05, 4.69) is 11.6 Å². The Morgan fingerprint density at radius 2 is 1.38 bits per heavy atom. The van der Waals surface area contributed by atoms with Crippen molar-refractivity contribution in [3.05, 3.63) is 0 Å². The molecule has 4 N–H and O–H groups in total. The molecule has 0 aromatic carbocycles. The van der Waals surface area contributed by atoms with Crippen molar-refractivity contribution in [2.75, 3.05) is 0 Å². The summed E-state index contributed by atoms with van der Waals surface area (Å²) in [6.45, 7) is 0. The molecule has 0 aliphatic rings. The molecule has 0 aromatic rings. The summed E-state index contributed by atoms with van der Waals surface area (Å²) >= 11 is 4.48. The lowest BCUT2D eigenvalue weighted by Crippen LogP contribution is -2.35. The van der Waals surface area contributed by atoms with Crippen LogP contribution in [-0.4, -0.2) is 32.0 Å². The Bertz CT molecular complexity index is 59.5. The van der Waals surface area contributed by atoms with Crippen LogP contribution in [0.25, 0.3) is 0 Å². The molecule has 0 aliphatic heterocycles. The van der Waals surface area contributed by atoms with E-state index in [-0.39, 0.29) is 9.90 Å². The Morgan fingerprint density at radius 3 is 1.38 bits per heavy atom. The molecule has 0 heterocycles. The van der Waals surface area contributed by atoms with Gasteiger partial charge in [0.05, 0.1) is 0 Å². The highest BCUT2D eigenvalue weighted by Crippen LogP contribution is 2.07. The molecule has 0 spiro atoms. The summed E-state index contributed by atoms with van der Waals surface area (Å²) in [7, 11) is 0. The van der Waals surface area contributed by atoms with Crippen molar-refractivity contribution in [1.29, 1.82) is 0 Å². The average molecular weight is 163 g/mol. The molecule has 1 unspecified atom stereocenters. The van der Waals surface area contributed by atoms with Gasteiger partial charge in [-0.3, -0.25) is 0 Å². The van der Waals surface area contributed by atoms with E-state index in [1.165, 1.54) is 0 Å². The maximum atomic E-state index is 7.92. The van der Waals surface area contributed by atoms with Crippen molar-refractivity contribution in [3.8, 4) is 0 Å². The minimum absolute atomic E-state index is 0. The van der Waals surface area contributed by atoms with Crippen LogP contribution in [0.2, 0.25) is 0 Å². The lowest BCUT2D eigenvalue weighted by molar-refractivity contribution is -0.237. The number of rotatable bonds is 1. The normalized spacial score (nSPS) is 11.2. The Kier molecular flexibility index (Phi) is 5.06. The predicted molar refractivity (Wildman–Crippen MR) is 32.4 cm³/mol. The summed E-state index contributed by atoms with van der Waals surface area (Å²) in [6, 6.07) is 0. The van der Waals surface area contributed by atoms with Crippen LogP contribution in [0.4, 0.5) is 0 Å². The highest BCUT2D eigenvalue weighted by Gasteiger charge is 2.27. The summed E-state index contributed by atoms with van der Waals surface area (Å²) in [5.74, 6) is 0. The van der Waals surface area contributed by atoms with Gasteiger partial charge in [-0.05, 0) is 0 Å². The summed E-state index contributed by atoms with van der Waals surface area (Å²) in [4.78, 5) is 0. The molecular weight excluding hydrogens is 154 g/mol. The molecule has 0 aromatic heterocycles. The van der Waals surface area contributed by atoms with Crippen molar-refractivity contribution >= 4 is 21.5 Å². The van der Waals surface area contributed by atoms with Crippen molar-refractivity contribution in [1.82, 2.24) is 0 Å². The van der Waals surface area contributed by atoms with E-state index >= 15 is 0 Å². The summed E-state index contributed by atoms with van der Waals surface area (Å²) in [6.07, 6.45) is -2.32. The number of aliphatic hydroxyl groups excluding tert-OH is 1. The van der Waals surface area contributed by atoms with E-state index < -0.39 is 11.5 Å². The lowest BCUT2D eigenvalue weighted by Gasteiger charge is -2.13. The van der Waals surface area contributed by atoms with Crippen molar-refractivity contribution < 1.29 is 20.4 Å². The van der Waals surface area contributed by atoms with Crippen molar-refractivity contribution in [3.63, 3.8) is 0 Å². The van der Waals surface area contributed by atoms with Crippen LogP contribution in [0.1, 0.15) is 0 Å². The Labute approximate surface area is 54.3 Å². The Balaban J connectivity index is 0. The number of hydrogen-bond donors (Lipinski definition) is 4. The summed E-state index contributed by atoms with van der Waals surface area (Å²) in [5, 5.41) is 28.5. The van der Waals surface area contributed by atoms with Gasteiger partial charge in [-0.1, -0.05) is 11.6 Å². The molecule has 0 aliphatic carbocycles. The minimum Gasteiger partial charge on any atom is -0.363 e. The fraction of sp³-hybridized carbons (Fsp3) is 1.00. The van der Waals surface area contributed by atoms with Crippen LogP contribution in [0.5, 0.6) is 0 Å². The zero-order chi connectivity index (χ0) is 6.08. The minimum atomic E-state index is -2.92. The topological polar surface area (TPSA) is 80.9 Å². The number of hydrogen-bond acceptors (Lipinski definition) is 4. The third kappa shape index (κ3) is 4.71. The van der Waals surface area contributed by atoms with Crippen LogP contribution in [-0.2, 0) is 0 Å². The van der Waals surface area contributed by atoms with Crippen LogP contribution in [0.15, 0.2) is 0 Å². The molecule has 0 rings (SSSR count). The van der Waals surface area contributed by atoms with Crippen LogP contribution < -0.4 is 0 Å². The highest BCUT2D eigenvalue weighted by molar-refractivity contribution is 6.92. The van der Waals surface area contributed by atoms with E-state index in [4.69, 9.17) is 20.4 Å². The number of halogens is 1. The molecule has 1 atom stereocenters. The van der Waals surface area contributed by atoms with Gasteiger partial charge < -0.3 is 20.4 Å². The molecule has 0 radical (unpaired) electrons. The van der Waals surface area contributed by atoms with Crippen LogP contribution >= 0.6 is 21.5 Å². The SMILES string of the molecule is OC(O)C(O)(O)Cl.P. The first-order valence-electron chi connectivity index (χ1n) is 1.44. The average Bonchev–Trinajstić information content (AvgIpc) is 1.31. The summed E-state index contributed by atoms with van der Waals surface area (Å²) < 4.78 is 0. The Morgan fingerprint density at radius 1 is 1.25 bits per heavy atom. The van der Waals surface area contributed by atoms with E-state index in [0.29, 0.717) is 0 Å². The Hall–Kier alpha value is 0.560. The molecule has 0 bridgehead atoms.